The molecule has 0 bridgehead atoms. The Morgan fingerprint density at radius 3 is 2.48 bits per heavy atom. The number of anilines is 1. The third-order valence-electron chi connectivity index (χ3n) is 5.28. The Morgan fingerprint density at radius 2 is 1.72 bits per heavy atom. The molecular weight excluding hydrogens is 360 g/mol. The summed E-state index contributed by atoms with van der Waals surface area (Å²) in [4.78, 5) is 8.80. The number of rotatable bonds is 4. The number of aromatic nitrogens is 5. The Kier molecular flexibility index (Phi) is 4.17. The fraction of sp³-hybridized carbons (Fsp3) is 0.130. The minimum atomic E-state index is 0.105. The molecule has 5 rings (SSSR count). The highest BCUT2D eigenvalue weighted by Crippen LogP contribution is 2.31. The molecule has 3 aromatic heterocycles. The van der Waals surface area contributed by atoms with Crippen LogP contribution in [-0.2, 0) is 0 Å². The summed E-state index contributed by atoms with van der Waals surface area (Å²) in [5.74, 6) is 0.509. The van der Waals surface area contributed by atoms with Gasteiger partial charge in [-0.15, -0.1) is 5.10 Å². The third kappa shape index (κ3) is 2.99. The zero-order valence-electron chi connectivity index (χ0n) is 16.0. The van der Waals surface area contributed by atoms with E-state index in [-0.39, 0.29) is 6.04 Å². The minimum absolute atomic E-state index is 0.105. The molecule has 6 nitrogen and oxygen atoms in total. The highest BCUT2D eigenvalue weighted by molar-refractivity contribution is 6.03. The molecule has 0 spiro atoms. The van der Waals surface area contributed by atoms with Crippen molar-refractivity contribution in [3.8, 4) is 11.1 Å². The summed E-state index contributed by atoms with van der Waals surface area (Å²) in [6.07, 6.45) is 4.50. The first-order valence-corrected chi connectivity index (χ1v) is 9.65. The van der Waals surface area contributed by atoms with Crippen LogP contribution in [-0.4, -0.2) is 25.0 Å². The molecule has 0 fully saturated rings. The number of benzene rings is 2. The Labute approximate surface area is 168 Å². The van der Waals surface area contributed by atoms with Gasteiger partial charge in [0.1, 0.15) is 16.9 Å². The molecule has 6 heteroatoms. The molecule has 3 heterocycles. The first kappa shape index (κ1) is 17.3. The van der Waals surface area contributed by atoms with E-state index in [1.165, 1.54) is 5.56 Å². The molecule has 0 unspecified atom stereocenters. The molecule has 0 aliphatic heterocycles. The van der Waals surface area contributed by atoms with E-state index in [9.17, 15) is 0 Å². The van der Waals surface area contributed by atoms with Crippen molar-refractivity contribution in [3.05, 3.63) is 78.6 Å². The number of nitrogens with zero attached hydrogens (tertiary/aromatic N) is 5. The van der Waals surface area contributed by atoms with Crippen LogP contribution < -0.4 is 5.73 Å². The van der Waals surface area contributed by atoms with Gasteiger partial charge in [0.25, 0.3) is 0 Å². The minimum Gasteiger partial charge on any atom is -0.384 e. The van der Waals surface area contributed by atoms with E-state index in [0.717, 1.165) is 39.5 Å². The van der Waals surface area contributed by atoms with E-state index in [1.807, 2.05) is 28.9 Å². The van der Waals surface area contributed by atoms with Crippen LogP contribution >= 0.6 is 0 Å². The smallest absolute Gasteiger partial charge is 0.132 e. The second-order valence-electron chi connectivity index (χ2n) is 7.06. The average Bonchev–Trinajstić information content (AvgIpc) is 3.20. The van der Waals surface area contributed by atoms with Gasteiger partial charge in [0.15, 0.2) is 0 Å². The predicted molar refractivity (Wildman–Crippen MR) is 115 cm³/mol. The van der Waals surface area contributed by atoms with E-state index in [4.69, 9.17) is 5.73 Å². The van der Waals surface area contributed by atoms with Gasteiger partial charge >= 0.3 is 0 Å². The van der Waals surface area contributed by atoms with Gasteiger partial charge < -0.3 is 5.73 Å². The number of nitrogens with two attached hydrogens (primary N) is 1. The van der Waals surface area contributed by atoms with Crippen LogP contribution in [0.25, 0.3) is 33.1 Å². The first-order chi connectivity index (χ1) is 14.2. The van der Waals surface area contributed by atoms with Crippen molar-refractivity contribution < 1.29 is 0 Å². The number of hydrogen-bond acceptors (Lipinski definition) is 5. The van der Waals surface area contributed by atoms with Crippen molar-refractivity contribution >= 4 is 27.8 Å². The van der Waals surface area contributed by atoms with Gasteiger partial charge in [0.05, 0.1) is 17.8 Å². The monoisotopic (exact) mass is 380 g/mol. The number of fused-ring (bicyclic) bond motifs is 3. The molecule has 2 N–H and O–H groups in total. The highest BCUT2D eigenvalue weighted by Gasteiger charge is 2.18. The van der Waals surface area contributed by atoms with Crippen LogP contribution in [0.15, 0.2) is 73.1 Å². The van der Waals surface area contributed by atoms with Crippen LogP contribution in [0.2, 0.25) is 0 Å². The lowest BCUT2D eigenvalue weighted by Crippen LogP contribution is -2.11. The van der Waals surface area contributed by atoms with Gasteiger partial charge in [0, 0.05) is 17.1 Å². The van der Waals surface area contributed by atoms with E-state index >= 15 is 0 Å². The summed E-state index contributed by atoms with van der Waals surface area (Å²) in [5.41, 5.74) is 11.7. The van der Waals surface area contributed by atoms with Crippen LogP contribution in [0.3, 0.4) is 0 Å². The van der Waals surface area contributed by atoms with Crippen molar-refractivity contribution in [3.63, 3.8) is 0 Å². The van der Waals surface area contributed by atoms with E-state index < -0.39 is 0 Å². The number of hydrogen-bond donors (Lipinski definition) is 1. The van der Waals surface area contributed by atoms with Gasteiger partial charge in [-0.25, -0.2) is 9.67 Å². The SMILES string of the molecule is CC[C@@H](c1ccccc1)n1nnc2cnc3ccc(-c4ccc(N)nc4)cc3c21. The molecule has 0 aliphatic carbocycles. The molecule has 0 saturated carbocycles. The Bertz CT molecular complexity index is 1290. The lowest BCUT2D eigenvalue weighted by atomic mass is 10.0. The van der Waals surface area contributed by atoms with Crippen molar-refractivity contribution in [2.24, 2.45) is 0 Å². The summed E-state index contributed by atoms with van der Waals surface area (Å²) >= 11 is 0. The zero-order valence-corrected chi connectivity index (χ0v) is 16.0. The molecule has 0 saturated heterocycles. The fourth-order valence-corrected chi connectivity index (χ4v) is 3.82. The quantitative estimate of drug-likeness (QED) is 0.492. The van der Waals surface area contributed by atoms with Gasteiger partial charge in [0.2, 0.25) is 0 Å². The van der Waals surface area contributed by atoms with Crippen molar-refractivity contribution in [2.75, 3.05) is 5.73 Å². The number of nitrogen functional groups attached to an aromatic ring is 1. The maximum atomic E-state index is 5.74. The third-order valence-corrected chi connectivity index (χ3v) is 5.28. The number of pyridine rings is 2. The summed E-state index contributed by atoms with van der Waals surface area (Å²) < 4.78 is 2.03. The maximum absolute atomic E-state index is 5.74. The maximum Gasteiger partial charge on any atom is 0.132 e. The molecule has 0 aliphatic rings. The second kappa shape index (κ2) is 6.98. The second-order valence-corrected chi connectivity index (χ2v) is 7.06. The van der Waals surface area contributed by atoms with Crippen LogP contribution in [0.4, 0.5) is 5.82 Å². The molecule has 5 aromatic rings. The summed E-state index contributed by atoms with van der Waals surface area (Å²) in [6, 6.07) is 20.5. The standard InChI is InChI=1S/C23H20N6/c1-2-21(15-6-4-3-5-7-15)29-23-18-12-16(17-9-11-22(24)26-13-17)8-10-19(18)25-14-20(23)27-28-29/h3-14,21H,2H2,1H3,(H2,24,26)/t21-/m0/s1. The predicted octanol–water partition coefficient (Wildman–Crippen LogP) is 4.62. The Balaban J connectivity index is 1.74. The molecule has 0 radical (unpaired) electrons. The molecule has 1 atom stereocenters. The highest BCUT2D eigenvalue weighted by atomic mass is 15.4. The lowest BCUT2D eigenvalue weighted by Gasteiger charge is -2.17. The van der Waals surface area contributed by atoms with Crippen molar-refractivity contribution in [1.82, 2.24) is 25.0 Å². The molecule has 29 heavy (non-hydrogen) atoms. The van der Waals surface area contributed by atoms with Gasteiger partial charge in [-0.3, -0.25) is 4.98 Å². The Hall–Kier alpha value is -3.80. The topological polar surface area (TPSA) is 82.5 Å². The van der Waals surface area contributed by atoms with E-state index in [2.05, 4.69) is 63.6 Å². The first-order valence-electron chi connectivity index (χ1n) is 9.65. The Morgan fingerprint density at radius 1 is 0.897 bits per heavy atom. The van der Waals surface area contributed by atoms with E-state index in [1.54, 1.807) is 12.4 Å². The molecule has 0 amide bonds. The zero-order chi connectivity index (χ0) is 19.8. The molecular formula is C23H20N6. The van der Waals surface area contributed by atoms with Crippen LogP contribution in [0.1, 0.15) is 24.9 Å². The summed E-state index contributed by atoms with van der Waals surface area (Å²) in [7, 11) is 0. The van der Waals surface area contributed by atoms with E-state index in [0.29, 0.717) is 5.82 Å². The lowest BCUT2D eigenvalue weighted by molar-refractivity contribution is 0.509. The van der Waals surface area contributed by atoms with Crippen molar-refractivity contribution in [1.29, 1.82) is 0 Å². The van der Waals surface area contributed by atoms with Gasteiger partial charge in [-0.05, 0) is 41.8 Å². The van der Waals surface area contributed by atoms with Gasteiger partial charge in [-0.2, -0.15) is 0 Å². The van der Waals surface area contributed by atoms with Gasteiger partial charge in [-0.1, -0.05) is 48.5 Å². The normalized spacial score (nSPS) is 12.4. The molecule has 142 valence electrons. The fourth-order valence-electron chi connectivity index (χ4n) is 3.82. The summed E-state index contributed by atoms with van der Waals surface area (Å²) in [6.45, 7) is 2.17. The summed E-state index contributed by atoms with van der Waals surface area (Å²) in [5, 5.41) is 9.93. The van der Waals surface area contributed by atoms with Crippen molar-refractivity contribution in [2.45, 2.75) is 19.4 Å². The largest absolute Gasteiger partial charge is 0.384 e. The van der Waals surface area contributed by atoms with Crippen LogP contribution in [0, 0.1) is 0 Å². The average molecular weight is 380 g/mol. The van der Waals surface area contributed by atoms with Crippen LogP contribution in [0.5, 0.6) is 0 Å². The molecule has 2 aromatic carbocycles.